The minimum Gasteiger partial charge on any atom is -0.461 e. The fraction of sp³-hybridized carbons (Fsp3) is 0.118. The number of ether oxygens (including phenoxy) is 1. The number of carbonyl (C=O) groups excluding carboxylic acids is 1. The number of hydrogen-bond acceptors (Lipinski definition) is 3. The van der Waals surface area contributed by atoms with E-state index in [1.54, 1.807) is 13.0 Å². The largest absolute Gasteiger partial charge is 0.461 e. The molecule has 0 bridgehead atoms. The van der Waals surface area contributed by atoms with Gasteiger partial charge in [0, 0.05) is 16.8 Å². The van der Waals surface area contributed by atoms with Crippen LogP contribution in [0.5, 0.6) is 0 Å². The van der Waals surface area contributed by atoms with Crippen LogP contribution in [-0.2, 0) is 9.53 Å². The molecular formula is C17H14FNO2. The Bertz CT molecular complexity index is 737. The first-order valence-electron chi connectivity index (χ1n) is 6.75. The van der Waals surface area contributed by atoms with Crippen molar-refractivity contribution in [1.82, 2.24) is 0 Å². The van der Waals surface area contributed by atoms with Gasteiger partial charge in [-0.05, 0) is 18.6 Å². The van der Waals surface area contributed by atoms with Gasteiger partial charge >= 0.3 is 5.97 Å². The van der Waals surface area contributed by atoms with Gasteiger partial charge in [0.1, 0.15) is 0 Å². The summed E-state index contributed by atoms with van der Waals surface area (Å²) in [6, 6.07) is 15.0. The Balaban J connectivity index is 2.19. The zero-order valence-corrected chi connectivity index (χ0v) is 11.5. The van der Waals surface area contributed by atoms with Gasteiger partial charge in [0.05, 0.1) is 12.3 Å². The van der Waals surface area contributed by atoms with E-state index in [0.29, 0.717) is 5.56 Å². The number of halogens is 1. The molecule has 0 spiro atoms. The van der Waals surface area contributed by atoms with Crippen LogP contribution in [0, 0.1) is 0 Å². The number of hydrogen-bond donors (Lipinski definition) is 1. The van der Waals surface area contributed by atoms with E-state index in [1.807, 2.05) is 42.5 Å². The minimum atomic E-state index is -0.950. The van der Waals surface area contributed by atoms with E-state index in [9.17, 15) is 9.18 Å². The van der Waals surface area contributed by atoms with Gasteiger partial charge in [0.25, 0.3) is 0 Å². The van der Waals surface area contributed by atoms with Crippen LogP contribution in [0.4, 0.5) is 10.1 Å². The lowest BCUT2D eigenvalue weighted by molar-refractivity contribution is -0.140. The lowest BCUT2D eigenvalue weighted by Crippen LogP contribution is -2.14. The summed E-state index contributed by atoms with van der Waals surface area (Å²) < 4.78 is 19.1. The molecule has 2 aromatic rings. The van der Waals surface area contributed by atoms with Crippen molar-refractivity contribution in [3.63, 3.8) is 0 Å². The highest BCUT2D eigenvalue weighted by atomic mass is 19.1. The highest BCUT2D eigenvalue weighted by Crippen LogP contribution is 2.41. The topological polar surface area (TPSA) is 38.3 Å². The van der Waals surface area contributed by atoms with Crippen LogP contribution in [0.25, 0.3) is 16.8 Å². The smallest absolute Gasteiger partial charge is 0.369 e. The van der Waals surface area contributed by atoms with Crippen molar-refractivity contribution in [2.24, 2.45) is 0 Å². The third-order valence-electron chi connectivity index (χ3n) is 3.35. The van der Waals surface area contributed by atoms with Crippen molar-refractivity contribution >= 4 is 17.4 Å². The van der Waals surface area contributed by atoms with Crippen LogP contribution in [0.1, 0.15) is 12.5 Å². The summed E-state index contributed by atoms with van der Waals surface area (Å²) in [5.74, 6) is -1.85. The zero-order valence-electron chi connectivity index (χ0n) is 11.5. The molecule has 0 fully saturated rings. The molecule has 0 saturated heterocycles. The van der Waals surface area contributed by atoms with Crippen molar-refractivity contribution in [2.75, 3.05) is 11.9 Å². The molecule has 106 valence electrons. The molecule has 1 N–H and O–H groups in total. The van der Waals surface area contributed by atoms with Crippen LogP contribution in [0.2, 0.25) is 0 Å². The Morgan fingerprint density at radius 3 is 2.38 bits per heavy atom. The van der Waals surface area contributed by atoms with Gasteiger partial charge in [0.2, 0.25) is 5.83 Å². The number of anilines is 1. The highest BCUT2D eigenvalue weighted by molar-refractivity contribution is 6.05. The van der Waals surface area contributed by atoms with E-state index in [-0.39, 0.29) is 12.3 Å². The van der Waals surface area contributed by atoms with Gasteiger partial charge in [0.15, 0.2) is 0 Å². The first-order valence-corrected chi connectivity index (χ1v) is 6.75. The van der Waals surface area contributed by atoms with E-state index in [4.69, 9.17) is 4.74 Å². The minimum absolute atomic E-state index is 0.137. The maximum Gasteiger partial charge on any atom is 0.369 e. The summed E-state index contributed by atoms with van der Waals surface area (Å²) in [6.07, 6.45) is 0. The Hall–Kier alpha value is -2.62. The SMILES string of the molecule is CCOC(=O)/C(F)=C1\Nc2ccccc2-c2ccccc21. The maximum absolute atomic E-state index is 14.4. The van der Waals surface area contributed by atoms with Crippen LogP contribution in [0.15, 0.2) is 54.4 Å². The fourth-order valence-electron chi connectivity index (χ4n) is 2.43. The van der Waals surface area contributed by atoms with Gasteiger partial charge in [-0.2, -0.15) is 4.39 Å². The molecular weight excluding hydrogens is 269 g/mol. The molecule has 4 heteroatoms. The van der Waals surface area contributed by atoms with Gasteiger partial charge < -0.3 is 10.1 Å². The summed E-state index contributed by atoms with van der Waals surface area (Å²) >= 11 is 0. The number of carbonyl (C=O) groups is 1. The number of fused-ring (bicyclic) bond motifs is 3. The van der Waals surface area contributed by atoms with Gasteiger partial charge in [-0.15, -0.1) is 0 Å². The molecule has 3 nitrogen and oxygen atoms in total. The molecule has 0 atom stereocenters. The van der Waals surface area contributed by atoms with E-state index in [2.05, 4.69) is 5.32 Å². The molecule has 3 rings (SSSR count). The molecule has 0 unspecified atom stereocenters. The third kappa shape index (κ3) is 2.29. The fourth-order valence-corrected chi connectivity index (χ4v) is 2.43. The first-order chi connectivity index (χ1) is 10.2. The molecule has 2 aromatic carbocycles. The quantitative estimate of drug-likeness (QED) is 0.669. The summed E-state index contributed by atoms with van der Waals surface area (Å²) in [4.78, 5) is 11.7. The zero-order chi connectivity index (χ0) is 14.8. The molecule has 1 aliphatic heterocycles. The van der Waals surface area contributed by atoms with Crippen molar-refractivity contribution in [3.05, 3.63) is 59.9 Å². The number of esters is 1. The van der Waals surface area contributed by atoms with Crippen molar-refractivity contribution in [2.45, 2.75) is 6.92 Å². The number of benzene rings is 2. The van der Waals surface area contributed by atoms with Crippen LogP contribution in [0.3, 0.4) is 0 Å². The summed E-state index contributed by atoms with van der Waals surface area (Å²) in [6.45, 7) is 1.78. The molecule has 0 amide bonds. The van der Waals surface area contributed by atoms with Gasteiger partial charge in [-0.1, -0.05) is 42.5 Å². The molecule has 0 radical (unpaired) electrons. The molecule has 0 aromatic heterocycles. The lowest BCUT2D eigenvalue weighted by atomic mass is 9.92. The average molecular weight is 283 g/mol. The van der Waals surface area contributed by atoms with Crippen LogP contribution >= 0.6 is 0 Å². The Morgan fingerprint density at radius 2 is 1.67 bits per heavy atom. The highest BCUT2D eigenvalue weighted by Gasteiger charge is 2.25. The third-order valence-corrected chi connectivity index (χ3v) is 3.35. The number of rotatable bonds is 2. The second kappa shape index (κ2) is 5.40. The van der Waals surface area contributed by atoms with Crippen LogP contribution in [-0.4, -0.2) is 12.6 Å². The molecule has 1 aliphatic rings. The molecule has 21 heavy (non-hydrogen) atoms. The van der Waals surface area contributed by atoms with E-state index in [0.717, 1.165) is 16.8 Å². The summed E-state index contributed by atoms with van der Waals surface area (Å²) in [7, 11) is 0. The Morgan fingerprint density at radius 1 is 1.05 bits per heavy atom. The lowest BCUT2D eigenvalue weighted by Gasteiger charge is -2.24. The average Bonchev–Trinajstić information content (AvgIpc) is 2.53. The summed E-state index contributed by atoms with van der Waals surface area (Å²) in [5, 5.41) is 3.00. The predicted octanol–water partition coefficient (Wildman–Crippen LogP) is 3.98. The van der Waals surface area contributed by atoms with Crippen molar-refractivity contribution < 1.29 is 13.9 Å². The van der Waals surface area contributed by atoms with E-state index >= 15 is 0 Å². The van der Waals surface area contributed by atoms with Crippen molar-refractivity contribution in [3.8, 4) is 11.1 Å². The molecule has 0 aliphatic carbocycles. The normalized spacial score (nSPS) is 14.6. The van der Waals surface area contributed by atoms with Gasteiger partial charge in [-0.3, -0.25) is 0 Å². The number of nitrogens with one attached hydrogen (secondary N) is 1. The van der Waals surface area contributed by atoms with Gasteiger partial charge in [-0.25, -0.2) is 4.79 Å². The summed E-state index contributed by atoms with van der Waals surface area (Å²) in [5.41, 5.74) is 3.45. The maximum atomic E-state index is 14.4. The number of para-hydroxylation sites is 1. The Labute approximate surface area is 122 Å². The van der Waals surface area contributed by atoms with E-state index < -0.39 is 11.8 Å². The molecule has 0 saturated carbocycles. The monoisotopic (exact) mass is 283 g/mol. The molecule has 1 heterocycles. The van der Waals surface area contributed by atoms with Crippen molar-refractivity contribution in [1.29, 1.82) is 0 Å². The standard InChI is InChI=1S/C17H14FNO2/c1-2-21-17(20)15(18)16-13-9-4-3-7-11(13)12-8-5-6-10-14(12)19-16/h3-10,19H,2H2,1H3/b16-15+. The first kappa shape index (κ1) is 13.4. The van der Waals surface area contributed by atoms with Crippen LogP contribution < -0.4 is 5.32 Å². The predicted molar refractivity (Wildman–Crippen MR) is 80.2 cm³/mol. The Kier molecular flexibility index (Phi) is 3.44. The second-order valence-corrected chi connectivity index (χ2v) is 4.63. The second-order valence-electron chi connectivity index (χ2n) is 4.63. The van der Waals surface area contributed by atoms with E-state index in [1.165, 1.54) is 0 Å².